The molecule has 7 nitrogen and oxygen atoms in total. The van der Waals surface area contributed by atoms with Crippen LogP contribution in [-0.4, -0.2) is 9.67 Å². The van der Waals surface area contributed by atoms with Gasteiger partial charge in [-0.05, 0) is 31.2 Å². The average molecular weight is 403 g/mol. The summed E-state index contributed by atoms with van der Waals surface area (Å²) in [6.45, 7) is 1.44. The normalized spacial score (nSPS) is 11.0. The van der Waals surface area contributed by atoms with Gasteiger partial charge in [-0.2, -0.15) is 5.26 Å². The monoisotopic (exact) mass is 402 g/mol. The van der Waals surface area contributed by atoms with Crippen LogP contribution in [0.1, 0.15) is 16.9 Å². The quantitative estimate of drug-likeness (QED) is 0.612. The van der Waals surface area contributed by atoms with E-state index < -0.39 is 11.4 Å². The fourth-order valence-corrected chi connectivity index (χ4v) is 2.77. The molecule has 27 heavy (non-hydrogen) atoms. The highest BCUT2D eigenvalue weighted by atomic mass is 35.5. The molecule has 136 valence electrons. The Morgan fingerprint density at radius 2 is 2.04 bits per heavy atom. The smallest absolute Gasteiger partial charge is 0.281 e. The van der Waals surface area contributed by atoms with E-state index >= 15 is 0 Å². The van der Waals surface area contributed by atoms with E-state index in [1.165, 1.54) is 13.2 Å². The highest BCUT2D eigenvalue weighted by Gasteiger charge is 2.20. The van der Waals surface area contributed by atoms with Crippen LogP contribution in [0, 0.1) is 18.3 Å². The molecule has 0 atom stereocenters. The Balaban J connectivity index is 2.15. The van der Waals surface area contributed by atoms with E-state index in [9.17, 15) is 15.2 Å². The maximum absolute atomic E-state index is 12.8. The highest BCUT2D eigenvalue weighted by Crippen LogP contribution is 2.33. The van der Waals surface area contributed by atoms with Crippen LogP contribution in [0.25, 0.3) is 0 Å². The summed E-state index contributed by atoms with van der Waals surface area (Å²) in [4.78, 5) is 12.8. The van der Waals surface area contributed by atoms with Gasteiger partial charge in [0.15, 0.2) is 5.69 Å². The summed E-state index contributed by atoms with van der Waals surface area (Å²) in [7, 11) is 0. The standard InChI is InChI=1S/C18H12Cl2N4O3/c1-10-12(8-21)17(25)24(9-11-4-3-7-27-11)18(26)16(10)23-22-14-6-2-5-13(19)15(14)20/h2-7,25H,9H2,1H3. The predicted molar refractivity (Wildman–Crippen MR) is 100 cm³/mol. The molecule has 0 aliphatic carbocycles. The second kappa shape index (κ2) is 7.66. The number of aromatic nitrogens is 1. The number of azo groups is 1. The number of benzene rings is 1. The third-order valence-electron chi connectivity index (χ3n) is 3.85. The molecule has 3 aromatic rings. The number of rotatable bonds is 4. The van der Waals surface area contributed by atoms with Crippen LogP contribution >= 0.6 is 23.2 Å². The van der Waals surface area contributed by atoms with Gasteiger partial charge >= 0.3 is 0 Å². The van der Waals surface area contributed by atoms with Crippen LogP contribution in [0.5, 0.6) is 5.88 Å². The van der Waals surface area contributed by atoms with E-state index in [1.54, 1.807) is 30.3 Å². The lowest BCUT2D eigenvalue weighted by atomic mass is 10.1. The Hall–Kier alpha value is -3.08. The molecule has 0 saturated carbocycles. The van der Waals surface area contributed by atoms with Crippen molar-refractivity contribution in [1.82, 2.24) is 4.57 Å². The Bertz CT molecular complexity index is 1130. The summed E-state index contributed by atoms with van der Waals surface area (Å²) >= 11 is 12.0. The van der Waals surface area contributed by atoms with Crippen molar-refractivity contribution >= 4 is 34.6 Å². The SMILES string of the molecule is Cc1c(C#N)c(O)n(Cc2ccco2)c(=O)c1N=Nc1cccc(Cl)c1Cl. The number of furan rings is 1. The molecule has 0 unspecified atom stereocenters. The van der Waals surface area contributed by atoms with Crippen molar-refractivity contribution in [3.63, 3.8) is 0 Å². The first-order valence-electron chi connectivity index (χ1n) is 7.68. The van der Waals surface area contributed by atoms with Crippen molar-refractivity contribution in [2.45, 2.75) is 13.5 Å². The lowest BCUT2D eigenvalue weighted by Crippen LogP contribution is -2.22. The zero-order chi connectivity index (χ0) is 19.6. The van der Waals surface area contributed by atoms with Crippen molar-refractivity contribution in [1.29, 1.82) is 5.26 Å². The molecule has 0 aliphatic rings. The molecular formula is C18H12Cl2N4O3. The number of nitrogens with zero attached hydrogens (tertiary/aromatic N) is 4. The molecule has 1 aromatic carbocycles. The lowest BCUT2D eigenvalue weighted by Gasteiger charge is -2.11. The van der Waals surface area contributed by atoms with Crippen molar-refractivity contribution in [3.8, 4) is 11.9 Å². The third kappa shape index (κ3) is 3.58. The van der Waals surface area contributed by atoms with Crippen LogP contribution in [0.3, 0.4) is 0 Å². The van der Waals surface area contributed by atoms with Gasteiger partial charge in [-0.15, -0.1) is 10.2 Å². The Morgan fingerprint density at radius 3 is 2.70 bits per heavy atom. The van der Waals surface area contributed by atoms with Crippen LogP contribution in [0.2, 0.25) is 10.0 Å². The predicted octanol–water partition coefficient (Wildman–Crippen LogP) is 5.10. The first-order chi connectivity index (χ1) is 12.9. The van der Waals surface area contributed by atoms with Crippen LogP contribution in [-0.2, 0) is 6.54 Å². The van der Waals surface area contributed by atoms with Crippen molar-refractivity contribution in [3.05, 3.63) is 73.9 Å². The number of pyridine rings is 1. The molecule has 0 spiro atoms. The van der Waals surface area contributed by atoms with Gasteiger partial charge in [0, 0.05) is 5.56 Å². The Morgan fingerprint density at radius 1 is 1.26 bits per heavy atom. The van der Waals surface area contributed by atoms with Crippen molar-refractivity contribution in [2.75, 3.05) is 0 Å². The molecule has 0 fully saturated rings. The fraction of sp³-hybridized carbons (Fsp3) is 0.111. The highest BCUT2D eigenvalue weighted by molar-refractivity contribution is 6.43. The van der Waals surface area contributed by atoms with Gasteiger partial charge in [-0.1, -0.05) is 29.3 Å². The second-order valence-corrected chi connectivity index (χ2v) is 6.31. The lowest BCUT2D eigenvalue weighted by molar-refractivity contribution is 0.397. The number of halogens is 2. The maximum atomic E-state index is 12.8. The zero-order valence-corrected chi connectivity index (χ0v) is 15.5. The summed E-state index contributed by atoms with van der Waals surface area (Å²) < 4.78 is 6.21. The van der Waals surface area contributed by atoms with Gasteiger partial charge in [-0.3, -0.25) is 9.36 Å². The summed E-state index contributed by atoms with van der Waals surface area (Å²) in [5.41, 5.74) is -0.314. The van der Waals surface area contributed by atoms with E-state index in [0.29, 0.717) is 10.8 Å². The third-order valence-corrected chi connectivity index (χ3v) is 4.66. The zero-order valence-electron chi connectivity index (χ0n) is 14.0. The van der Waals surface area contributed by atoms with Gasteiger partial charge in [0.1, 0.15) is 23.1 Å². The van der Waals surface area contributed by atoms with Crippen LogP contribution in [0.15, 0.2) is 56.0 Å². The first-order valence-corrected chi connectivity index (χ1v) is 8.44. The number of nitriles is 1. The molecule has 0 saturated heterocycles. The molecule has 0 bridgehead atoms. The van der Waals surface area contributed by atoms with E-state index in [1.807, 2.05) is 6.07 Å². The van der Waals surface area contributed by atoms with Crippen LogP contribution < -0.4 is 5.56 Å². The largest absolute Gasteiger partial charge is 0.493 e. The minimum Gasteiger partial charge on any atom is -0.493 e. The second-order valence-electron chi connectivity index (χ2n) is 5.53. The average Bonchev–Trinajstić information content (AvgIpc) is 3.15. The van der Waals surface area contributed by atoms with Gasteiger partial charge in [-0.25, -0.2) is 0 Å². The van der Waals surface area contributed by atoms with E-state index in [-0.39, 0.29) is 34.1 Å². The molecule has 1 N–H and O–H groups in total. The Kier molecular flexibility index (Phi) is 5.31. The number of aromatic hydroxyl groups is 1. The molecule has 0 radical (unpaired) electrons. The molecule has 0 aliphatic heterocycles. The maximum Gasteiger partial charge on any atom is 0.281 e. The molecule has 0 amide bonds. The van der Waals surface area contributed by atoms with Gasteiger partial charge in [0.25, 0.3) is 5.56 Å². The molecular weight excluding hydrogens is 391 g/mol. The van der Waals surface area contributed by atoms with Gasteiger partial charge < -0.3 is 9.52 Å². The topological polar surface area (TPSA) is 104 Å². The summed E-state index contributed by atoms with van der Waals surface area (Å²) in [6, 6.07) is 10.00. The Labute approximate surface area is 163 Å². The number of hydrogen-bond donors (Lipinski definition) is 1. The molecule has 3 rings (SSSR count). The summed E-state index contributed by atoms with van der Waals surface area (Å²) in [5.74, 6) is -0.0305. The molecule has 9 heteroatoms. The van der Waals surface area contributed by atoms with E-state index in [0.717, 1.165) is 4.57 Å². The van der Waals surface area contributed by atoms with Gasteiger partial charge in [0.2, 0.25) is 5.88 Å². The summed E-state index contributed by atoms with van der Waals surface area (Å²) in [5, 5.41) is 28.1. The first kappa shape index (κ1) is 18.7. The summed E-state index contributed by atoms with van der Waals surface area (Å²) in [6.07, 6.45) is 1.44. The number of hydrogen-bond acceptors (Lipinski definition) is 6. The minimum atomic E-state index is -0.623. The molecule has 2 heterocycles. The van der Waals surface area contributed by atoms with Gasteiger partial charge in [0.05, 0.1) is 22.9 Å². The van der Waals surface area contributed by atoms with E-state index in [2.05, 4.69) is 10.2 Å². The minimum absolute atomic E-state index is 0.0624. The van der Waals surface area contributed by atoms with E-state index in [4.69, 9.17) is 27.6 Å². The molecule has 2 aromatic heterocycles. The van der Waals surface area contributed by atoms with Crippen molar-refractivity contribution < 1.29 is 9.52 Å². The van der Waals surface area contributed by atoms with Crippen LogP contribution in [0.4, 0.5) is 11.4 Å². The van der Waals surface area contributed by atoms with Crippen molar-refractivity contribution in [2.24, 2.45) is 10.2 Å². The fourth-order valence-electron chi connectivity index (χ4n) is 2.44.